The van der Waals surface area contributed by atoms with Crippen LogP contribution in [-0.2, 0) is 7.05 Å². The highest BCUT2D eigenvalue weighted by Gasteiger charge is 2.16. The van der Waals surface area contributed by atoms with Gasteiger partial charge in [0.2, 0.25) is 0 Å². The zero-order valence-electron chi connectivity index (χ0n) is 10.1. The van der Waals surface area contributed by atoms with Gasteiger partial charge in [-0.15, -0.1) is 0 Å². The first-order valence-electron chi connectivity index (χ1n) is 5.67. The molecule has 1 amide bonds. The summed E-state index contributed by atoms with van der Waals surface area (Å²) in [6.07, 6.45) is 1.56. The smallest absolute Gasteiger partial charge is 0.270 e. The van der Waals surface area contributed by atoms with E-state index in [1.165, 1.54) is 4.68 Å². The number of hydrogen-bond acceptors (Lipinski definition) is 3. The highest BCUT2D eigenvalue weighted by molar-refractivity contribution is 5.92. The van der Waals surface area contributed by atoms with Gasteiger partial charge < -0.3 is 10.4 Å². The Morgan fingerprint density at radius 2 is 2.11 bits per heavy atom. The van der Waals surface area contributed by atoms with Crippen LogP contribution in [0.4, 0.5) is 0 Å². The fourth-order valence-corrected chi connectivity index (χ4v) is 1.75. The van der Waals surface area contributed by atoms with Gasteiger partial charge in [-0.2, -0.15) is 5.10 Å². The van der Waals surface area contributed by atoms with Crippen LogP contribution in [0.5, 0.6) is 0 Å². The summed E-state index contributed by atoms with van der Waals surface area (Å²) in [5.74, 6) is -0.252. The zero-order chi connectivity index (χ0) is 13.0. The molecule has 2 aromatic rings. The lowest BCUT2D eigenvalue weighted by Gasteiger charge is -2.16. The molecule has 94 valence electrons. The molecule has 1 aromatic carbocycles. The maximum absolute atomic E-state index is 12.0. The van der Waals surface area contributed by atoms with Gasteiger partial charge >= 0.3 is 0 Å². The number of rotatable bonds is 4. The van der Waals surface area contributed by atoms with E-state index < -0.39 is 6.04 Å². The molecule has 0 aliphatic rings. The third-order valence-corrected chi connectivity index (χ3v) is 2.74. The van der Waals surface area contributed by atoms with Crippen molar-refractivity contribution in [1.82, 2.24) is 15.1 Å². The second kappa shape index (κ2) is 5.46. The normalized spacial score (nSPS) is 12.1. The SMILES string of the molecule is Cn1nccc1C(=O)NC(CO)c1ccccc1. The van der Waals surface area contributed by atoms with Crippen molar-refractivity contribution < 1.29 is 9.90 Å². The number of aromatic nitrogens is 2. The van der Waals surface area contributed by atoms with Crippen molar-refractivity contribution in [1.29, 1.82) is 0 Å². The molecule has 1 atom stereocenters. The number of carbonyl (C=O) groups excluding carboxylic acids is 1. The molecule has 18 heavy (non-hydrogen) atoms. The third kappa shape index (κ3) is 2.57. The van der Waals surface area contributed by atoms with E-state index >= 15 is 0 Å². The summed E-state index contributed by atoms with van der Waals surface area (Å²) in [5, 5.41) is 16.1. The van der Waals surface area contributed by atoms with Gasteiger partial charge in [0.25, 0.3) is 5.91 Å². The van der Waals surface area contributed by atoms with E-state index in [4.69, 9.17) is 0 Å². The Bertz CT molecular complexity index is 522. The number of aliphatic hydroxyl groups excluding tert-OH is 1. The molecule has 1 heterocycles. The van der Waals surface area contributed by atoms with E-state index in [0.717, 1.165) is 5.56 Å². The summed E-state index contributed by atoms with van der Waals surface area (Å²) in [7, 11) is 1.70. The topological polar surface area (TPSA) is 67.2 Å². The molecule has 1 unspecified atom stereocenters. The minimum absolute atomic E-state index is 0.145. The fourth-order valence-electron chi connectivity index (χ4n) is 1.75. The Kier molecular flexibility index (Phi) is 3.74. The molecule has 0 aliphatic heterocycles. The molecule has 0 fully saturated rings. The summed E-state index contributed by atoms with van der Waals surface area (Å²) in [5.41, 5.74) is 1.33. The van der Waals surface area contributed by atoms with Crippen molar-refractivity contribution in [3.8, 4) is 0 Å². The molecule has 1 aromatic heterocycles. The van der Waals surface area contributed by atoms with E-state index in [1.54, 1.807) is 19.3 Å². The first kappa shape index (κ1) is 12.3. The Morgan fingerprint density at radius 1 is 1.39 bits per heavy atom. The van der Waals surface area contributed by atoms with E-state index in [-0.39, 0.29) is 12.5 Å². The molecule has 0 radical (unpaired) electrons. The third-order valence-electron chi connectivity index (χ3n) is 2.74. The fraction of sp³-hybridized carbons (Fsp3) is 0.231. The van der Waals surface area contributed by atoms with Crippen molar-refractivity contribution in [2.45, 2.75) is 6.04 Å². The Morgan fingerprint density at radius 3 is 2.67 bits per heavy atom. The van der Waals surface area contributed by atoms with Crippen molar-refractivity contribution >= 4 is 5.91 Å². The van der Waals surface area contributed by atoms with E-state index in [0.29, 0.717) is 5.69 Å². The van der Waals surface area contributed by atoms with E-state index in [1.807, 2.05) is 30.3 Å². The Hall–Kier alpha value is -2.14. The summed E-state index contributed by atoms with van der Waals surface area (Å²) < 4.78 is 1.49. The molecule has 0 saturated carbocycles. The first-order chi connectivity index (χ1) is 8.72. The number of carbonyl (C=O) groups is 1. The summed E-state index contributed by atoms with van der Waals surface area (Å²) in [4.78, 5) is 12.0. The highest BCUT2D eigenvalue weighted by atomic mass is 16.3. The van der Waals surface area contributed by atoms with Crippen LogP contribution in [0.1, 0.15) is 22.1 Å². The van der Waals surface area contributed by atoms with Crippen molar-refractivity contribution in [2.24, 2.45) is 7.05 Å². The van der Waals surface area contributed by atoms with Crippen molar-refractivity contribution in [3.05, 3.63) is 53.9 Å². The maximum Gasteiger partial charge on any atom is 0.270 e. The molecule has 0 aliphatic carbocycles. The number of aliphatic hydroxyl groups is 1. The Balaban J connectivity index is 2.13. The van der Waals surface area contributed by atoms with Crippen LogP contribution in [0.15, 0.2) is 42.6 Å². The molecular formula is C13H15N3O2. The lowest BCUT2D eigenvalue weighted by atomic mass is 10.1. The van der Waals surface area contributed by atoms with Gasteiger partial charge in [-0.1, -0.05) is 30.3 Å². The average Bonchev–Trinajstić information content (AvgIpc) is 2.83. The van der Waals surface area contributed by atoms with Gasteiger partial charge in [0, 0.05) is 13.2 Å². The van der Waals surface area contributed by atoms with Crippen molar-refractivity contribution in [3.63, 3.8) is 0 Å². The predicted molar refractivity (Wildman–Crippen MR) is 66.9 cm³/mol. The highest BCUT2D eigenvalue weighted by Crippen LogP contribution is 2.12. The molecule has 5 heteroatoms. The number of aryl methyl sites for hydroxylation is 1. The number of amides is 1. The number of benzene rings is 1. The summed E-state index contributed by atoms with van der Waals surface area (Å²) in [6, 6.07) is 10.6. The van der Waals surface area contributed by atoms with Crippen LogP contribution in [0, 0.1) is 0 Å². The van der Waals surface area contributed by atoms with Gasteiger partial charge in [0.15, 0.2) is 0 Å². The number of nitrogens with zero attached hydrogens (tertiary/aromatic N) is 2. The molecule has 2 N–H and O–H groups in total. The lowest BCUT2D eigenvalue weighted by Crippen LogP contribution is -2.32. The quantitative estimate of drug-likeness (QED) is 0.840. The standard InChI is InChI=1S/C13H15N3O2/c1-16-12(7-8-14-16)13(18)15-11(9-17)10-5-3-2-4-6-10/h2-8,11,17H,9H2,1H3,(H,15,18). The maximum atomic E-state index is 12.0. The Labute approximate surface area is 105 Å². The van der Waals surface area contributed by atoms with Crippen LogP contribution < -0.4 is 5.32 Å². The molecular weight excluding hydrogens is 230 g/mol. The summed E-state index contributed by atoms with van der Waals surface area (Å²) in [6.45, 7) is -0.145. The zero-order valence-corrected chi connectivity index (χ0v) is 10.1. The number of nitrogens with one attached hydrogen (secondary N) is 1. The van der Waals surface area contributed by atoms with Gasteiger partial charge in [0.05, 0.1) is 12.6 Å². The van der Waals surface area contributed by atoms with Gasteiger partial charge in [-0.3, -0.25) is 9.48 Å². The summed E-state index contributed by atoms with van der Waals surface area (Å²) >= 11 is 0. The lowest BCUT2D eigenvalue weighted by molar-refractivity contribution is 0.0906. The van der Waals surface area contributed by atoms with Gasteiger partial charge in [-0.25, -0.2) is 0 Å². The predicted octanol–water partition coefficient (Wildman–Crippen LogP) is 0.884. The molecule has 0 spiro atoms. The largest absolute Gasteiger partial charge is 0.394 e. The minimum Gasteiger partial charge on any atom is -0.394 e. The van der Waals surface area contributed by atoms with Gasteiger partial charge in [-0.05, 0) is 11.6 Å². The van der Waals surface area contributed by atoms with Gasteiger partial charge in [0.1, 0.15) is 5.69 Å². The molecule has 0 bridgehead atoms. The monoisotopic (exact) mass is 245 g/mol. The molecule has 2 rings (SSSR count). The van der Waals surface area contributed by atoms with Crippen LogP contribution in [-0.4, -0.2) is 27.4 Å². The van der Waals surface area contributed by atoms with E-state index in [9.17, 15) is 9.90 Å². The van der Waals surface area contributed by atoms with Crippen LogP contribution in [0.3, 0.4) is 0 Å². The van der Waals surface area contributed by atoms with Crippen LogP contribution >= 0.6 is 0 Å². The van der Waals surface area contributed by atoms with Crippen LogP contribution in [0.25, 0.3) is 0 Å². The molecule has 5 nitrogen and oxygen atoms in total. The molecule has 0 saturated heterocycles. The van der Waals surface area contributed by atoms with E-state index in [2.05, 4.69) is 10.4 Å². The minimum atomic E-state index is -0.409. The average molecular weight is 245 g/mol. The first-order valence-corrected chi connectivity index (χ1v) is 5.67. The number of hydrogen-bond donors (Lipinski definition) is 2. The second-order valence-electron chi connectivity index (χ2n) is 3.96. The van der Waals surface area contributed by atoms with Crippen LogP contribution in [0.2, 0.25) is 0 Å². The van der Waals surface area contributed by atoms with Crippen molar-refractivity contribution in [2.75, 3.05) is 6.61 Å². The second-order valence-corrected chi connectivity index (χ2v) is 3.96.